The number of halogens is 1. The fraction of sp³-hybridized carbons (Fsp3) is 0.579. The molecule has 1 fully saturated rings. The van der Waals surface area contributed by atoms with Crippen molar-refractivity contribution in [2.45, 2.75) is 52.2 Å². The molecule has 144 valence electrons. The Morgan fingerprint density at radius 1 is 1.35 bits per heavy atom. The summed E-state index contributed by atoms with van der Waals surface area (Å²) in [6.45, 7) is 8.56. The van der Waals surface area contributed by atoms with Crippen molar-refractivity contribution in [3.63, 3.8) is 0 Å². The number of rotatable bonds is 2. The van der Waals surface area contributed by atoms with Crippen LogP contribution >= 0.6 is 11.6 Å². The van der Waals surface area contributed by atoms with Gasteiger partial charge in [-0.1, -0.05) is 17.7 Å². The summed E-state index contributed by atoms with van der Waals surface area (Å²) in [6, 6.07) is 5.18. The molecule has 0 bridgehead atoms. The summed E-state index contributed by atoms with van der Waals surface area (Å²) in [5, 5.41) is 3.49. The Labute approximate surface area is 160 Å². The number of carbonyl (C=O) groups excluding carboxylic acids is 2. The Hall–Kier alpha value is -1.95. The van der Waals surface area contributed by atoms with Crippen LogP contribution in [0.3, 0.4) is 0 Å². The van der Waals surface area contributed by atoms with Gasteiger partial charge in [0.15, 0.2) is 0 Å². The van der Waals surface area contributed by atoms with Crippen LogP contribution in [-0.2, 0) is 4.74 Å². The molecule has 1 aromatic carbocycles. The quantitative estimate of drug-likeness (QED) is 0.819. The number of hydrogen-bond acceptors (Lipinski definition) is 3. The molecule has 0 unspecified atom stereocenters. The standard InChI is InChI=1S/C19H28ClN3O3/c1-13-8-9-14(11-16(13)20)21-17(24)23-10-6-7-15(12-23)22(5)18(25)26-19(2,3)4/h8-9,11,15H,6-7,10,12H2,1-5H3,(H,21,24)/t15-/m1/s1. The topological polar surface area (TPSA) is 61.9 Å². The van der Waals surface area contributed by atoms with Gasteiger partial charge in [-0.05, 0) is 58.2 Å². The number of piperidine rings is 1. The Morgan fingerprint density at radius 2 is 2.04 bits per heavy atom. The average Bonchev–Trinajstić information content (AvgIpc) is 2.56. The summed E-state index contributed by atoms with van der Waals surface area (Å²) < 4.78 is 5.42. The molecule has 0 saturated carbocycles. The Kier molecular flexibility index (Phi) is 6.39. The maximum atomic E-state index is 12.6. The van der Waals surface area contributed by atoms with Gasteiger partial charge in [0.1, 0.15) is 5.60 Å². The fourth-order valence-corrected chi connectivity index (χ4v) is 2.99. The van der Waals surface area contributed by atoms with Crippen LogP contribution in [0.5, 0.6) is 0 Å². The highest BCUT2D eigenvalue weighted by molar-refractivity contribution is 6.31. The number of amides is 3. The maximum absolute atomic E-state index is 12.6. The molecule has 7 heteroatoms. The highest BCUT2D eigenvalue weighted by Gasteiger charge is 2.30. The number of nitrogens with zero attached hydrogens (tertiary/aromatic N) is 2. The van der Waals surface area contributed by atoms with Crippen LogP contribution in [-0.4, -0.2) is 53.7 Å². The summed E-state index contributed by atoms with van der Waals surface area (Å²) in [5.74, 6) is 0. The van der Waals surface area contributed by atoms with Gasteiger partial charge in [-0.15, -0.1) is 0 Å². The Morgan fingerprint density at radius 3 is 2.65 bits per heavy atom. The van der Waals surface area contributed by atoms with Crippen LogP contribution in [0.1, 0.15) is 39.2 Å². The van der Waals surface area contributed by atoms with Crippen molar-refractivity contribution in [2.24, 2.45) is 0 Å². The second-order valence-corrected chi connectivity index (χ2v) is 8.13. The van der Waals surface area contributed by atoms with Crippen molar-refractivity contribution in [3.8, 4) is 0 Å². The number of carbonyl (C=O) groups is 2. The molecule has 26 heavy (non-hydrogen) atoms. The molecule has 1 N–H and O–H groups in total. The highest BCUT2D eigenvalue weighted by Crippen LogP contribution is 2.22. The smallest absolute Gasteiger partial charge is 0.410 e. The lowest BCUT2D eigenvalue weighted by Crippen LogP contribution is -2.52. The van der Waals surface area contributed by atoms with Gasteiger partial charge < -0.3 is 19.9 Å². The first kappa shape index (κ1) is 20.4. The SMILES string of the molecule is Cc1ccc(NC(=O)N2CCC[C@@H](N(C)C(=O)OC(C)(C)C)C2)cc1Cl. The lowest BCUT2D eigenvalue weighted by Gasteiger charge is -2.38. The predicted molar refractivity (Wildman–Crippen MR) is 104 cm³/mol. The van der Waals surface area contributed by atoms with Crippen molar-refractivity contribution in [1.82, 2.24) is 9.80 Å². The minimum Gasteiger partial charge on any atom is -0.444 e. The number of aryl methyl sites for hydroxylation is 1. The summed E-state index contributed by atoms with van der Waals surface area (Å²) in [4.78, 5) is 28.1. The Balaban J connectivity index is 1.97. The number of likely N-dealkylation sites (N-methyl/N-ethyl adjacent to an activating group) is 1. The van der Waals surface area contributed by atoms with Gasteiger partial charge in [0.05, 0.1) is 6.04 Å². The van der Waals surface area contributed by atoms with Crippen LogP contribution in [0.15, 0.2) is 18.2 Å². The molecule has 3 amide bonds. The molecular formula is C19H28ClN3O3. The molecule has 0 radical (unpaired) electrons. The van der Waals surface area contributed by atoms with Crippen LogP contribution in [0.25, 0.3) is 0 Å². The third-order valence-corrected chi connectivity index (χ3v) is 4.74. The molecule has 1 aromatic rings. The van der Waals surface area contributed by atoms with Gasteiger partial charge >= 0.3 is 12.1 Å². The predicted octanol–water partition coefficient (Wildman–Crippen LogP) is 4.51. The zero-order chi connectivity index (χ0) is 19.5. The number of nitrogens with one attached hydrogen (secondary N) is 1. The number of ether oxygens (including phenoxy) is 1. The maximum Gasteiger partial charge on any atom is 0.410 e. The highest BCUT2D eigenvalue weighted by atomic mass is 35.5. The molecular weight excluding hydrogens is 354 g/mol. The van der Waals surface area contributed by atoms with E-state index >= 15 is 0 Å². The number of likely N-dealkylation sites (tertiary alicyclic amines) is 1. The summed E-state index contributed by atoms with van der Waals surface area (Å²) in [5.41, 5.74) is 1.08. The van der Waals surface area contributed by atoms with Crippen LogP contribution in [0, 0.1) is 6.92 Å². The zero-order valence-corrected chi connectivity index (χ0v) is 16.9. The van der Waals surface area contributed by atoms with E-state index < -0.39 is 5.60 Å². The molecule has 1 aliphatic heterocycles. The number of benzene rings is 1. The molecule has 1 atom stereocenters. The third kappa shape index (κ3) is 5.53. The number of urea groups is 1. The fourth-order valence-electron chi connectivity index (χ4n) is 2.81. The largest absolute Gasteiger partial charge is 0.444 e. The summed E-state index contributed by atoms with van der Waals surface area (Å²) in [6.07, 6.45) is 1.31. The van der Waals surface area contributed by atoms with E-state index in [2.05, 4.69) is 5.32 Å². The van der Waals surface area contributed by atoms with E-state index in [-0.39, 0.29) is 18.2 Å². The number of anilines is 1. The van der Waals surface area contributed by atoms with E-state index in [1.54, 1.807) is 22.9 Å². The molecule has 6 nitrogen and oxygen atoms in total. The van der Waals surface area contributed by atoms with Crippen LogP contribution in [0.4, 0.5) is 15.3 Å². The third-order valence-electron chi connectivity index (χ3n) is 4.34. The first-order valence-electron chi connectivity index (χ1n) is 8.85. The monoisotopic (exact) mass is 381 g/mol. The summed E-state index contributed by atoms with van der Waals surface area (Å²) in [7, 11) is 1.72. The van der Waals surface area contributed by atoms with Gasteiger partial charge in [-0.3, -0.25) is 0 Å². The van der Waals surface area contributed by atoms with Crippen molar-refractivity contribution in [3.05, 3.63) is 28.8 Å². The molecule has 2 rings (SSSR count). The van der Waals surface area contributed by atoms with Crippen molar-refractivity contribution in [2.75, 3.05) is 25.5 Å². The molecule has 1 saturated heterocycles. The summed E-state index contributed by atoms with van der Waals surface area (Å²) >= 11 is 6.11. The van der Waals surface area contributed by atoms with E-state index in [0.29, 0.717) is 23.8 Å². The average molecular weight is 382 g/mol. The normalized spacial score (nSPS) is 17.6. The molecule has 0 aromatic heterocycles. The van der Waals surface area contributed by atoms with Gasteiger partial charge in [-0.25, -0.2) is 9.59 Å². The Bertz CT molecular complexity index is 672. The van der Waals surface area contributed by atoms with E-state index in [0.717, 1.165) is 18.4 Å². The second kappa shape index (κ2) is 8.16. The van der Waals surface area contributed by atoms with Crippen molar-refractivity contribution < 1.29 is 14.3 Å². The van der Waals surface area contributed by atoms with E-state index in [4.69, 9.17) is 16.3 Å². The van der Waals surface area contributed by atoms with Crippen molar-refractivity contribution >= 4 is 29.4 Å². The molecule has 0 aliphatic carbocycles. The van der Waals surface area contributed by atoms with Gasteiger partial charge in [-0.2, -0.15) is 0 Å². The first-order chi connectivity index (χ1) is 12.1. The zero-order valence-electron chi connectivity index (χ0n) is 16.1. The molecule has 1 aliphatic rings. The van der Waals surface area contributed by atoms with Crippen molar-refractivity contribution in [1.29, 1.82) is 0 Å². The van der Waals surface area contributed by atoms with E-state index in [9.17, 15) is 9.59 Å². The number of hydrogen-bond donors (Lipinski definition) is 1. The van der Waals surface area contributed by atoms with Gasteiger partial charge in [0.25, 0.3) is 0 Å². The lowest BCUT2D eigenvalue weighted by molar-refractivity contribution is 0.0158. The minimum atomic E-state index is -0.540. The van der Waals surface area contributed by atoms with Gasteiger partial charge in [0.2, 0.25) is 0 Å². The van der Waals surface area contributed by atoms with Crippen LogP contribution < -0.4 is 5.32 Å². The van der Waals surface area contributed by atoms with E-state index in [1.807, 2.05) is 39.8 Å². The van der Waals surface area contributed by atoms with Gasteiger partial charge in [0, 0.05) is 30.8 Å². The minimum absolute atomic E-state index is 0.0639. The molecule has 1 heterocycles. The molecule has 0 spiro atoms. The van der Waals surface area contributed by atoms with Crippen LogP contribution in [0.2, 0.25) is 5.02 Å². The second-order valence-electron chi connectivity index (χ2n) is 7.73. The lowest BCUT2D eigenvalue weighted by atomic mass is 10.1. The van der Waals surface area contributed by atoms with E-state index in [1.165, 1.54) is 0 Å². The first-order valence-corrected chi connectivity index (χ1v) is 9.22.